The Bertz CT molecular complexity index is 359. The predicted molar refractivity (Wildman–Crippen MR) is 56.9 cm³/mol. The largest absolute Gasteiger partial charge is 0.480 e. The monoisotopic (exact) mass is 208 g/mol. The van der Waals surface area contributed by atoms with Gasteiger partial charge in [-0.1, -0.05) is 0 Å². The molecule has 0 aliphatic heterocycles. The fourth-order valence-electron chi connectivity index (χ4n) is 1.05. The summed E-state index contributed by atoms with van der Waals surface area (Å²) in [5, 5.41) is 13.8. The van der Waals surface area contributed by atoms with E-state index in [-0.39, 0.29) is 12.5 Å². The summed E-state index contributed by atoms with van der Waals surface area (Å²) < 4.78 is 0. The summed E-state index contributed by atoms with van der Waals surface area (Å²) in [7, 11) is 0. The van der Waals surface area contributed by atoms with Crippen LogP contribution in [0.15, 0.2) is 24.3 Å². The molecule has 5 nitrogen and oxygen atoms in total. The van der Waals surface area contributed by atoms with Gasteiger partial charge in [0.25, 0.3) is 0 Å². The summed E-state index contributed by atoms with van der Waals surface area (Å²) in [6.45, 7) is 1.30. The molecule has 0 unspecified atom stereocenters. The van der Waals surface area contributed by atoms with E-state index in [4.69, 9.17) is 5.11 Å². The van der Waals surface area contributed by atoms with Gasteiger partial charge < -0.3 is 15.7 Å². The molecule has 1 rings (SSSR count). The molecule has 0 aliphatic carbocycles. The normalized spacial score (nSPS) is 9.40. The molecule has 80 valence electrons. The number of anilines is 2. The zero-order valence-electron chi connectivity index (χ0n) is 8.28. The lowest BCUT2D eigenvalue weighted by atomic mass is 10.3. The van der Waals surface area contributed by atoms with Crippen molar-refractivity contribution in [2.45, 2.75) is 6.92 Å². The molecule has 5 heteroatoms. The molecule has 0 radical (unpaired) electrons. The van der Waals surface area contributed by atoms with E-state index in [1.807, 2.05) is 0 Å². The second-order valence-corrected chi connectivity index (χ2v) is 3.01. The van der Waals surface area contributed by atoms with Gasteiger partial charge in [-0.3, -0.25) is 9.59 Å². The third kappa shape index (κ3) is 4.12. The average molecular weight is 208 g/mol. The van der Waals surface area contributed by atoms with Crippen molar-refractivity contribution in [2.75, 3.05) is 17.2 Å². The Morgan fingerprint density at radius 2 is 1.73 bits per heavy atom. The fraction of sp³-hybridized carbons (Fsp3) is 0.200. The van der Waals surface area contributed by atoms with E-state index in [9.17, 15) is 9.59 Å². The van der Waals surface area contributed by atoms with E-state index in [0.29, 0.717) is 11.4 Å². The van der Waals surface area contributed by atoms with E-state index in [2.05, 4.69) is 10.6 Å². The summed E-state index contributed by atoms with van der Waals surface area (Å²) in [6, 6.07) is 6.81. The Morgan fingerprint density at radius 1 is 1.20 bits per heavy atom. The summed E-state index contributed by atoms with van der Waals surface area (Å²) in [4.78, 5) is 21.0. The SMILES string of the molecule is CC(=O)Nc1ccc(NCC(=O)O)cc1. The van der Waals surface area contributed by atoms with Gasteiger partial charge in [0.15, 0.2) is 0 Å². The third-order valence-electron chi connectivity index (χ3n) is 1.65. The zero-order chi connectivity index (χ0) is 11.3. The topological polar surface area (TPSA) is 78.4 Å². The van der Waals surface area contributed by atoms with Gasteiger partial charge in [0.1, 0.15) is 6.54 Å². The number of benzene rings is 1. The number of hydrogen-bond donors (Lipinski definition) is 3. The summed E-state index contributed by atoms with van der Waals surface area (Å²) >= 11 is 0. The number of carbonyl (C=O) groups excluding carboxylic acids is 1. The molecule has 1 aromatic carbocycles. The van der Waals surface area contributed by atoms with Crippen molar-refractivity contribution in [3.8, 4) is 0 Å². The minimum absolute atomic E-state index is 0.126. The van der Waals surface area contributed by atoms with Crippen LogP contribution in [0.3, 0.4) is 0 Å². The molecule has 15 heavy (non-hydrogen) atoms. The Labute approximate surface area is 87.1 Å². The minimum atomic E-state index is -0.916. The highest BCUT2D eigenvalue weighted by molar-refractivity contribution is 5.88. The smallest absolute Gasteiger partial charge is 0.322 e. The van der Waals surface area contributed by atoms with E-state index >= 15 is 0 Å². The number of rotatable bonds is 4. The molecule has 0 atom stereocenters. The Kier molecular flexibility index (Phi) is 3.68. The van der Waals surface area contributed by atoms with Crippen molar-refractivity contribution in [2.24, 2.45) is 0 Å². The van der Waals surface area contributed by atoms with E-state index in [1.165, 1.54) is 6.92 Å². The second kappa shape index (κ2) is 4.99. The molecule has 0 saturated heterocycles. The van der Waals surface area contributed by atoms with Crippen LogP contribution in [0, 0.1) is 0 Å². The third-order valence-corrected chi connectivity index (χ3v) is 1.65. The van der Waals surface area contributed by atoms with Crippen molar-refractivity contribution in [1.82, 2.24) is 0 Å². The summed E-state index contributed by atoms with van der Waals surface area (Å²) in [5.41, 5.74) is 1.38. The lowest BCUT2D eigenvalue weighted by molar-refractivity contribution is -0.134. The van der Waals surface area contributed by atoms with Crippen molar-refractivity contribution in [3.63, 3.8) is 0 Å². The number of carboxylic acids is 1. The molecule has 1 aromatic rings. The highest BCUT2D eigenvalue weighted by atomic mass is 16.4. The van der Waals surface area contributed by atoms with Gasteiger partial charge in [-0.05, 0) is 24.3 Å². The molecule has 0 spiro atoms. The molecule has 0 bridgehead atoms. The highest BCUT2D eigenvalue weighted by Crippen LogP contribution is 2.12. The summed E-state index contributed by atoms with van der Waals surface area (Å²) in [6.07, 6.45) is 0. The number of amides is 1. The van der Waals surface area contributed by atoms with E-state index in [0.717, 1.165) is 0 Å². The Balaban J connectivity index is 2.56. The van der Waals surface area contributed by atoms with Gasteiger partial charge in [0, 0.05) is 18.3 Å². The van der Waals surface area contributed by atoms with E-state index in [1.54, 1.807) is 24.3 Å². The van der Waals surface area contributed by atoms with Crippen molar-refractivity contribution in [3.05, 3.63) is 24.3 Å². The van der Waals surface area contributed by atoms with Crippen molar-refractivity contribution < 1.29 is 14.7 Å². The first-order chi connectivity index (χ1) is 7.08. The molecule has 0 saturated carbocycles. The molecule has 0 aromatic heterocycles. The number of hydrogen-bond acceptors (Lipinski definition) is 3. The number of nitrogens with one attached hydrogen (secondary N) is 2. The first-order valence-corrected chi connectivity index (χ1v) is 4.41. The van der Waals surface area contributed by atoms with Crippen LogP contribution in [-0.4, -0.2) is 23.5 Å². The van der Waals surface area contributed by atoms with Crippen LogP contribution in [0.25, 0.3) is 0 Å². The van der Waals surface area contributed by atoms with Crippen LogP contribution < -0.4 is 10.6 Å². The quantitative estimate of drug-likeness (QED) is 0.693. The maximum absolute atomic E-state index is 10.7. The molecule has 0 fully saturated rings. The van der Waals surface area contributed by atoms with Crippen LogP contribution in [0.2, 0.25) is 0 Å². The number of carboxylic acid groups (broad SMARTS) is 1. The minimum Gasteiger partial charge on any atom is -0.480 e. The first-order valence-electron chi connectivity index (χ1n) is 4.41. The predicted octanol–water partition coefficient (Wildman–Crippen LogP) is 1.14. The van der Waals surface area contributed by atoms with Crippen LogP contribution in [0.4, 0.5) is 11.4 Å². The van der Waals surface area contributed by atoms with Crippen molar-refractivity contribution >= 4 is 23.3 Å². The number of aliphatic carboxylic acids is 1. The molecular weight excluding hydrogens is 196 g/mol. The fourth-order valence-corrected chi connectivity index (χ4v) is 1.05. The highest BCUT2D eigenvalue weighted by Gasteiger charge is 1.98. The van der Waals surface area contributed by atoms with Crippen LogP contribution in [0.1, 0.15) is 6.92 Å². The summed E-state index contributed by atoms with van der Waals surface area (Å²) in [5.74, 6) is -1.05. The van der Waals surface area contributed by atoms with Gasteiger partial charge in [-0.15, -0.1) is 0 Å². The van der Waals surface area contributed by atoms with Gasteiger partial charge in [-0.2, -0.15) is 0 Å². The Morgan fingerprint density at radius 3 is 2.20 bits per heavy atom. The molecule has 0 aliphatic rings. The molecule has 0 heterocycles. The van der Waals surface area contributed by atoms with Gasteiger partial charge in [0.2, 0.25) is 5.91 Å². The van der Waals surface area contributed by atoms with Crippen LogP contribution >= 0.6 is 0 Å². The van der Waals surface area contributed by atoms with Gasteiger partial charge in [0.05, 0.1) is 0 Å². The Hall–Kier alpha value is -2.04. The van der Waals surface area contributed by atoms with E-state index < -0.39 is 5.97 Å². The molecule has 1 amide bonds. The average Bonchev–Trinajstić information content (AvgIpc) is 2.16. The number of carbonyl (C=O) groups is 2. The zero-order valence-corrected chi connectivity index (χ0v) is 8.28. The van der Waals surface area contributed by atoms with Crippen molar-refractivity contribution in [1.29, 1.82) is 0 Å². The standard InChI is InChI=1S/C10H12N2O3/c1-7(13)12-9-4-2-8(3-5-9)11-6-10(14)15/h2-5,11H,6H2,1H3,(H,12,13)(H,14,15). The molecule has 3 N–H and O–H groups in total. The first kappa shape index (κ1) is 11.0. The maximum Gasteiger partial charge on any atom is 0.322 e. The van der Waals surface area contributed by atoms with Crippen LogP contribution in [0.5, 0.6) is 0 Å². The second-order valence-electron chi connectivity index (χ2n) is 3.01. The lowest BCUT2D eigenvalue weighted by Crippen LogP contribution is -2.12. The lowest BCUT2D eigenvalue weighted by Gasteiger charge is -2.05. The van der Waals surface area contributed by atoms with Gasteiger partial charge in [-0.25, -0.2) is 0 Å². The van der Waals surface area contributed by atoms with Gasteiger partial charge >= 0.3 is 5.97 Å². The maximum atomic E-state index is 10.7. The van der Waals surface area contributed by atoms with Crippen LogP contribution in [-0.2, 0) is 9.59 Å². The molecular formula is C10H12N2O3.